The Morgan fingerprint density at radius 1 is 0.852 bits per heavy atom. The first-order valence-corrected chi connectivity index (χ1v) is 9.03. The van der Waals surface area contributed by atoms with Crippen LogP contribution < -0.4 is 5.73 Å². The third-order valence-electron chi connectivity index (χ3n) is 3.31. The molecule has 8 heteroatoms. The quantitative estimate of drug-likeness (QED) is 0.389. The summed E-state index contributed by atoms with van der Waals surface area (Å²) in [5.74, 6) is -2.69. The van der Waals surface area contributed by atoms with Crippen molar-refractivity contribution in [1.82, 2.24) is 0 Å². The van der Waals surface area contributed by atoms with Crippen molar-refractivity contribution < 1.29 is 32.2 Å². The van der Waals surface area contributed by atoms with Crippen LogP contribution >= 0.6 is 0 Å². The topological polar surface area (TPSA) is 70.8 Å². The van der Waals surface area contributed by atoms with E-state index < -0.39 is 17.5 Å². The van der Waals surface area contributed by atoms with E-state index in [9.17, 15) is 13.2 Å². The van der Waals surface area contributed by atoms with E-state index in [0.29, 0.717) is 45.1 Å². The SMILES string of the molecule is CC=O.NCCOCCCCCOCCOCCc1c(F)cc(F)cc1F. The molecule has 0 amide bonds. The zero-order valence-electron chi connectivity index (χ0n) is 15.9. The largest absolute Gasteiger partial charge is 0.380 e. The van der Waals surface area contributed by atoms with Crippen molar-refractivity contribution in [1.29, 1.82) is 0 Å². The fourth-order valence-electron chi connectivity index (χ4n) is 2.08. The van der Waals surface area contributed by atoms with Crippen LogP contribution in [0.25, 0.3) is 0 Å². The van der Waals surface area contributed by atoms with Gasteiger partial charge in [0.15, 0.2) is 0 Å². The molecule has 0 aliphatic heterocycles. The number of hydrogen-bond donors (Lipinski definition) is 1. The molecule has 0 radical (unpaired) electrons. The average molecular weight is 393 g/mol. The lowest BCUT2D eigenvalue weighted by molar-refractivity contribution is -0.106. The van der Waals surface area contributed by atoms with Crippen molar-refractivity contribution in [3.8, 4) is 0 Å². The molecule has 1 aromatic rings. The summed E-state index contributed by atoms with van der Waals surface area (Å²) < 4.78 is 55.4. The first-order chi connectivity index (χ1) is 13.1. The Morgan fingerprint density at radius 2 is 1.33 bits per heavy atom. The number of benzene rings is 1. The predicted molar refractivity (Wildman–Crippen MR) is 97.1 cm³/mol. The van der Waals surface area contributed by atoms with Crippen LogP contribution in [0.1, 0.15) is 31.7 Å². The summed E-state index contributed by atoms with van der Waals surface area (Å²) in [6.07, 6.45) is 3.75. The number of rotatable bonds is 14. The predicted octanol–water partition coefficient (Wildman–Crippen LogP) is 3.03. The van der Waals surface area contributed by atoms with Crippen LogP contribution in [-0.4, -0.2) is 52.5 Å². The molecule has 1 rings (SSSR count). The molecule has 0 fully saturated rings. The standard InChI is InChI=1S/C17H26F3NO3.C2H4O/c18-14-12-16(19)15(17(20)13-14)4-8-24-11-10-23-7-3-1-2-6-22-9-5-21;1-2-3/h12-13H,1-11,21H2;2H,1H3. The Balaban J connectivity index is 0.00000210. The number of carbonyl (C=O) groups is 1. The molecule has 156 valence electrons. The maximum Gasteiger partial charge on any atom is 0.132 e. The lowest BCUT2D eigenvalue weighted by atomic mass is 10.1. The minimum absolute atomic E-state index is 0.0563. The first kappa shape index (κ1) is 25.5. The van der Waals surface area contributed by atoms with Crippen LogP contribution in [-0.2, 0) is 25.4 Å². The van der Waals surface area contributed by atoms with Crippen molar-refractivity contribution in [3.63, 3.8) is 0 Å². The van der Waals surface area contributed by atoms with E-state index in [1.54, 1.807) is 0 Å². The molecule has 0 unspecified atom stereocenters. The van der Waals surface area contributed by atoms with Crippen LogP contribution in [0, 0.1) is 17.5 Å². The van der Waals surface area contributed by atoms with E-state index in [0.717, 1.165) is 32.2 Å². The maximum absolute atomic E-state index is 13.4. The zero-order chi connectivity index (χ0) is 20.3. The number of unbranched alkanes of at least 4 members (excludes halogenated alkanes) is 2. The van der Waals surface area contributed by atoms with Crippen LogP contribution in [0.15, 0.2) is 12.1 Å². The van der Waals surface area contributed by atoms with Gasteiger partial charge in [-0.1, -0.05) is 0 Å². The minimum atomic E-state index is -0.922. The smallest absolute Gasteiger partial charge is 0.132 e. The monoisotopic (exact) mass is 393 g/mol. The van der Waals surface area contributed by atoms with Gasteiger partial charge in [-0.05, 0) is 26.2 Å². The second kappa shape index (κ2) is 17.9. The summed E-state index contributed by atoms with van der Waals surface area (Å²) in [4.78, 5) is 8.81. The molecule has 0 saturated heterocycles. The Bertz CT molecular complexity index is 481. The van der Waals surface area contributed by atoms with Crippen LogP contribution in [0.4, 0.5) is 13.2 Å². The summed E-state index contributed by atoms with van der Waals surface area (Å²) in [7, 11) is 0. The number of halogens is 3. The van der Waals surface area contributed by atoms with Crippen molar-refractivity contribution in [2.24, 2.45) is 5.73 Å². The molecule has 0 aliphatic rings. The Kier molecular flexibility index (Phi) is 16.9. The molecule has 5 nitrogen and oxygen atoms in total. The van der Waals surface area contributed by atoms with E-state index >= 15 is 0 Å². The summed E-state index contributed by atoms with van der Waals surface area (Å²) in [6.45, 7) is 4.88. The van der Waals surface area contributed by atoms with E-state index in [-0.39, 0.29) is 18.6 Å². The average Bonchev–Trinajstić information content (AvgIpc) is 2.61. The second-order valence-electron chi connectivity index (χ2n) is 5.52. The molecule has 0 atom stereocenters. The van der Waals surface area contributed by atoms with Gasteiger partial charge in [0.2, 0.25) is 0 Å². The van der Waals surface area contributed by atoms with Crippen molar-refractivity contribution in [3.05, 3.63) is 35.1 Å². The van der Waals surface area contributed by atoms with Gasteiger partial charge in [0.05, 0.1) is 26.4 Å². The molecule has 2 N–H and O–H groups in total. The lowest BCUT2D eigenvalue weighted by Crippen LogP contribution is -2.10. The summed E-state index contributed by atoms with van der Waals surface area (Å²) in [5, 5.41) is 0. The molecule has 0 spiro atoms. The van der Waals surface area contributed by atoms with Gasteiger partial charge in [0.25, 0.3) is 0 Å². The van der Waals surface area contributed by atoms with Crippen molar-refractivity contribution >= 4 is 6.29 Å². The Morgan fingerprint density at radius 3 is 1.85 bits per heavy atom. The van der Waals surface area contributed by atoms with E-state index in [1.165, 1.54) is 6.92 Å². The van der Waals surface area contributed by atoms with Crippen molar-refractivity contribution in [2.45, 2.75) is 32.6 Å². The lowest BCUT2D eigenvalue weighted by Gasteiger charge is -2.08. The molecule has 0 aliphatic carbocycles. The summed E-state index contributed by atoms with van der Waals surface area (Å²) >= 11 is 0. The zero-order valence-corrected chi connectivity index (χ0v) is 15.9. The van der Waals surface area contributed by atoms with Gasteiger partial charge in [0.1, 0.15) is 23.7 Å². The summed E-state index contributed by atoms with van der Waals surface area (Å²) in [5.41, 5.74) is 5.15. The van der Waals surface area contributed by atoms with Crippen LogP contribution in [0.3, 0.4) is 0 Å². The Labute approximate surface area is 159 Å². The van der Waals surface area contributed by atoms with Crippen LogP contribution in [0.2, 0.25) is 0 Å². The molecule has 0 heterocycles. The van der Waals surface area contributed by atoms with Gasteiger partial charge in [-0.2, -0.15) is 0 Å². The van der Waals surface area contributed by atoms with Gasteiger partial charge in [-0.15, -0.1) is 0 Å². The summed E-state index contributed by atoms with van der Waals surface area (Å²) in [6, 6.07) is 1.34. The molecule has 0 aromatic heterocycles. The molecule has 0 bridgehead atoms. The fourth-order valence-corrected chi connectivity index (χ4v) is 2.08. The van der Waals surface area contributed by atoms with Gasteiger partial charge in [0, 0.05) is 43.9 Å². The van der Waals surface area contributed by atoms with Gasteiger partial charge in [-0.25, -0.2) is 13.2 Å². The third-order valence-corrected chi connectivity index (χ3v) is 3.31. The molecule has 1 aromatic carbocycles. The second-order valence-corrected chi connectivity index (χ2v) is 5.52. The highest BCUT2D eigenvalue weighted by molar-refractivity contribution is 5.44. The molecular weight excluding hydrogens is 363 g/mol. The molecule has 0 saturated carbocycles. The minimum Gasteiger partial charge on any atom is -0.380 e. The number of hydrogen-bond acceptors (Lipinski definition) is 5. The van der Waals surface area contributed by atoms with Gasteiger partial charge < -0.3 is 24.7 Å². The highest BCUT2D eigenvalue weighted by Gasteiger charge is 2.10. The Hall–Kier alpha value is -1.48. The highest BCUT2D eigenvalue weighted by atomic mass is 19.1. The maximum atomic E-state index is 13.4. The number of aldehydes is 1. The van der Waals surface area contributed by atoms with E-state index in [4.69, 9.17) is 24.7 Å². The molecule has 27 heavy (non-hydrogen) atoms. The normalized spacial score (nSPS) is 10.4. The number of carbonyl (C=O) groups excluding carboxylic acids is 1. The van der Waals surface area contributed by atoms with Gasteiger partial charge in [-0.3, -0.25) is 0 Å². The molecular formula is C19H30F3NO4. The van der Waals surface area contributed by atoms with E-state index in [2.05, 4.69) is 0 Å². The van der Waals surface area contributed by atoms with Crippen LogP contribution in [0.5, 0.6) is 0 Å². The van der Waals surface area contributed by atoms with E-state index in [1.807, 2.05) is 0 Å². The number of nitrogens with two attached hydrogens (primary N) is 1. The van der Waals surface area contributed by atoms with Crippen molar-refractivity contribution in [2.75, 3.05) is 46.2 Å². The fraction of sp³-hybridized carbons (Fsp3) is 0.632. The first-order valence-electron chi connectivity index (χ1n) is 9.03. The highest BCUT2D eigenvalue weighted by Crippen LogP contribution is 2.15. The third kappa shape index (κ3) is 14.3. The van der Waals surface area contributed by atoms with Gasteiger partial charge >= 0.3 is 0 Å². The number of ether oxygens (including phenoxy) is 3.